The predicted octanol–water partition coefficient (Wildman–Crippen LogP) is 4.18. The Morgan fingerprint density at radius 1 is 1.00 bits per heavy atom. The van der Waals surface area contributed by atoms with Gasteiger partial charge in [0, 0.05) is 35.5 Å². The summed E-state index contributed by atoms with van der Waals surface area (Å²) in [6, 6.07) is 17.7. The van der Waals surface area contributed by atoms with E-state index in [4.69, 9.17) is 0 Å². The first kappa shape index (κ1) is 13.6. The summed E-state index contributed by atoms with van der Waals surface area (Å²) in [7, 11) is 2.03. The first-order valence-corrected chi connectivity index (χ1v) is 7.16. The van der Waals surface area contributed by atoms with Gasteiger partial charge in [-0.3, -0.25) is 4.79 Å². The Hall–Kier alpha value is -2.35. The minimum atomic E-state index is -0.157. The number of likely N-dealkylation sites (N-methyl/N-ethyl adjacent to an activating group) is 1. The molecule has 3 rings (SSSR count). The molecule has 0 aromatic heterocycles. The molecule has 0 spiro atoms. The van der Waals surface area contributed by atoms with Crippen LogP contribution in [-0.4, -0.2) is 12.8 Å². The molecular weight excluding hydrogens is 258 g/mol. The average molecular weight is 277 g/mol. The summed E-state index contributed by atoms with van der Waals surface area (Å²) in [5.41, 5.74) is 4.05. The van der Waals surface area contributed by atoms with Crippen molar-refractivity contribution in [2.75, 3.05) is 11.9 Å². The van der Waals surface area contributed by atoms with Crippen LogP contribution in [0.2, 0.25) is 0 Å². The zero-order chi connectivity index (χ0) is 15.0. The second-order valence-electron chi connectivity index (χ2n) is 5.96. The lowest BCUT2D eigenvalue weighted by molar-refractivity contribution is 0.104. The molecule has 2 heteroatoms. The molecule has 0 fully saturated rings. The van der Waals surface area contributed by atoms with Crippen molar-refractivity contribution in [3.05, 3.63) is 77.5 Å². The summed E-state index contributed by atoms with van der Waals surface area (Å²) in [4.78, 5) is 14.6. The summed E-state index contributed by atoms with van der Waals surface area (Å²) in [5, 5.41) is 0. The van der Waals surface area contributed by atoms with Crippen LogP contribution in [0.1, 0.15) is 29.8 Å². The zero-order valence-corrected chi connectivity index (χ0v) is 12.6. The average Bonchev–Trinajstić information content (AvgIpc) is 2.70. The lowest BCUT2D eigenvalue weighted by Gasteiger charge is -2.23. The van der Waals surface area contributed by atoms with Gasteiger partial charge in [0.25, 0.3) is 0 Å². The Balaban J connectivity index is 2.04. The maximum Gasteiger partial charge on any atom is 0.187 e. The molecule has 1 aliphatic rings. The van der Waals surface area contributed by atoms with E-state index in [1.807, 2.05) is 43.4 Å². The van der Waals surface area contributed by atoms with E-state index < -0.39 is 0 Å². The van der Waals surface area contributed by atoms with E-state index in [2.05, 4.69) is 36.9 Å². The summed E-state index contributed by atoms with van der Waals surface area (Å²) in [6.45, 7) is 4.33. The summed E-state index contributed by atoms with van der Waals surface area (Å²) >= 11 is 0. The van der Waals surface area contributed by atoms with E-state index in [0.29, 0.717) is 0 Å². The topological polar surface area (TPSA) is 20.3 Å². The first-order valence-electron chi connectivity index (χ1n) is 7.16. The van der Waals surface area contributed by atoms with Crippen molar-refractivity contribution in [2.45, 2.75) is 19.3 Å². The zero-order valence-electron chi connectivity index (χ0n) is 12.6. The highest BCUT2D eigenvalue weighted by Crippen LogP contribution is 2.46. The van der Waals surface area contributed by atoms with E-state index in [0.717, 1.165) is 11.3 Å². The lowest BCUT2D eigenvalue weighted by atomic mass is 9.83. The predicted molar refractivity (Wildman–Crippen MR) is 86.7 cm³/mol. The summed E-state index contributed by atoms with van der Waals surface area (Å²) in [5.74, 6) is 0.0540. The van der Waals surface area contributed by atoms with Crippen LogP contribution in [0.4, 0.5) is 5.69 Å². The van der Waals surface area contributed by atoms with Crippen LogP contribution >= 0.6 is 0 Å². The van der Waals surface area contributed by atoms with Crippen molar-refractivity contribution >= 4 is 11.5 Å². The number of hydrogen-bond acceptors (Lipinski definition) is 2. The minimum Gasteiger partial charge on any atom is -0.347 e. The standard InChI is InChI=1S/C19H19NO/c1-19(2)15-11-7-8-12-16(15)20(3)18(19)13-17(21)14-9-5-4-6-10-14/h4-13H,1-3H3. The van der Waals surface area contributed by atoms with Crippen molar-refractivity contribution in [3.63, 3.8) is 0 Å². The number of anilines is 1. The van der Waals surface area contributed by atoms with E-state index in [1.54, 1.807) is 6.08 Å². The SMILES string of the molecule is CN1C(=CC(=O)c2ccccc2)C(C)(C)c2ccccc21. The molecular formula is C19H19NO. The van der Waals surface area contributed by atoms with E-state index >= 15 is 0 Å². The van der Waals surface area contributed by atoms with Crippen LogP contribution in [0, 0.1) is 0 Å². The Morgan fingerprint density at radius 2 is 1.62 bits per heavy atom. The van der Waals surface area contributed by atoms with Crippen LogP contribution in [-0.2, 0) is 5.41 Å². The highest BCUT2D eigenvalue weighted by atomic mass is 16.1. The number of benzene rings is 2. The summed E-state index contributed by atoms with van der Waals surface area (Å²) in [6.07, 6.45) is 1.77. The Kier molecular flexibility index (Phi) is 3.17. The van der Waals surface area contributed by atoms with Gasteiger partial charge in [-0.1, -0.05) is 62.4 Å². The van der Waals surface area contributed by atoms with E-state index in [9.17, 15) is 4.79 Å². The van der Waals surface area contributed by atoms with Gasteiger partial charge < -0.3 is 4.90 Å². The third kappa shape index (κ3) is 2.17. The Labute approximate surface area is 125 Å². The normalized spacial score (nSPS) is 17.9. The smallest absolute Gasteiger partial charge is 0.187 e. The third-order valence-electron chi connectivity index (χ3n) is 4.27. The number of carbonyl (C=O) groups excluding carboxylic acids is 1. The maximum atomic E-state index is 12.5. The number of nitrogens with zero attached hydrogens (tertiary/aromatic N) is 1. The number of allylic oxidation sites excluding steroid dienone is 2. The molecule has 106 valence electrons. The van der Waals surface area contributed by atoms with Crippen molar-refractivity contribution < 1.29 is 4.79 Å². The van der Waals surface area contributed by atoms with Gasteiger partial charge in [0.1, 0.15) is 0 Å². The molecule has 2 aromatic carbocycles. The van der Waals surface area contributed by atoms with Crippen molar-refractivity contribution in [3.8, 4) is 0 Å². The van der Waals surface area contributed by atoms with Gasteiger partial charge in [-0.25, -0.2) is 0 Å². The van der Waals surface area contributed by atoms with Crippen LogP contribution in [0.25, 0.3) is 0 Å². The molecule has 0 saturated heterocycles. The van der Waals surface area contributed by atoms with Crippen LogP contribution in [0.3, 0.4) is 0 Å². The fraction of sp³-hybridized carbons (Fsp3) is 0.211. The second-order valence-corrected chi connectivity index (χ2v) is 5.96. The molecule has 1 aliphatic heterocycles. The van der Waals surface area contributed by atoms with Gasteiger partial charge in [-0.15, -0.1) is 0 Å². The highest BCUT2D eigenvalue weighted by Gasteiger charge is 2.38. The fourth-order valence-electron chi connectivity index (χ4n) is 3.07. The van der Waals surface area contributed by atoms with Crippen LogP contribution in [0.5, 0.6) is 0 Å². The fourth-order valence-corrected chi connectivity index (χ4v) is 3.07. The molecule has 0 bridgehead atoms. The van der Waals surface area contributed by atoms with Crippen molar-refractivity contribution in [1.82, 2.24) is 0 Å². The van der Waals surface area contributed by atoms with Gasteiger partial charge in [-0.2, -0.15) is 0 Å². The van der Waals surface area contributed by atoms with E-state index in [-0.39, 0.29) is 11.2 Å². The molecule has 21 heavy (non-hydrogen) atoms. The molecule has 0 unspecified atom stereocenters. The molecule has 0 atom stereocenters. The molecule has 0 saturated carbocycles. The number of carbonyl (C=O) groups is 1. The van der Waals surface area contributed by atoms with Crippen molar-refractivity contribution in [1.29, 1.82) is 0 Å². The monoisotopic (exact) mass is 277 g/mol. The molecule has 1 heterocycles. The summed E-state index contributed by atoms with van der Waals surface area (Å²) < 4.78 is 0. The van der Waals surface area contributed by atoms with Gasteiger partial charge >= 0.3 is 0 Å². The maximum absolute atomic E-state index is 12.5. The number of para-hydroxylation sites is 1. The third-order valence-corrected chi connectivity index (χ3v) is 4.27. The molecule has 0 amide bonds. The van der Waals surface area contributed by atoms with Crippen LogP contribution < -0.4 is 4.90 Å². The quantitative estimate of drug-likeness (QED) is 0.606. The molecule has 0 aliphatic carbocycles. The lowest BCUT2D eigenvalue weighted by Crippen LogP contribution is -2.24. The second kappa shape index (κ2) is 4.88. The van der Waals surface area contributed by atoms with Gasteiger partial charge in [0.05, 0.1) is 0 Å². The van der Waals surface area contributed by atoms with Gasteiger partial charge in [0.15, 0.2) is 5.78 Å². The van der Waals surface area contributed by atoms with Gasteiger partial charge in [0.2, 0.25) is 0 Å². The Bertz CT molecular complexity index is 713. The van der Waals surface area contributed by atoms with Gasteiger partial charge in [-0.05, 0) is 11.6 Å². The largest absolute Gasteiger partial charge is 0.347 e. The highest BCUT2D eigenvalue weighted by molar-refractivity contribution is 6.05. The molecule has 2 nitrogen and oxygen atoms in total. The number of hydrogen-bond donors (Lipinski definition) is 0. The number of ketones is 1. The first-order chi connectivity index (χ1) is 10.0. The molecule has 2 aromatic rings. The molecule has 0 N–H and O–H groups in total. The number of fused-ring (bicyclic) bond motifs is 1. The van der Waals surface area contributed by atoms with Crippen molar-refractivity contribution in [2.24, 2.45) is 0 Å². The van der Waals surface area contributed by atoms with E-state index in [1.165, 1.54) is 11.3 Å². The molecule has 0 radical (unpaired) electrons. The Morgan fingerprint density at radius 3 is 2.29 bits per heavy atom. The minimum absolute atomic E-state index is 0.0540. The van der Waals surface area contributed by atoms with Crippen LogP contribution in [0.15, 0.2) is 66.4 Å². The number of rotatable bonds is 2.